The summed E-state index contributed by atoms with van der Waals surface area (Å²) < 4.78 is 1.39. The van der Waals surface area contributed by atoms with Crippen LogP contribution in [-0.4, -0.2) is 28.1 Å². The molecule has 2 N–H and O–H groups in total. The molecule has 2 atom stereocenters. The number of carboxylic acid groups (broad SMARTS) is 1. The third kappa shape index (κ3) is 3.71. The highest BCUT2D eigenvalue weighted by atomic mass is 16.4. The van der Waals surface area contributed by atoms with E-state index in [4.69, 9.17) is 0 Å². The van der Waals surface area contributed by atoms with Gasteiger partial charge in [-0.25, -0.2) is 0 Å². The number of carboxylic acids is 1. The SMILES string of the molecule is Cn1ccc(C(=O)NCC2CCCCC2C(=O)O)cc1=O. The highest BCUT2D eigenvalue weighted by molar-refractivity contribution is 5.94. The number of nitrogens with zero attached hydrogens (tertiary/aromatic N) is 1. The Morgan fingerprint density at radius 2 is 2.10 bits per heavy atom. The van der Waals surface area contributed by atoms with Crippen LogP contribution in [0.25, 0.3) is 0 Å². The molecule has 114 valence electrons. The van der Waals surface area contributed by atoms with Crippen LogP contribution in [0.2, 0.25) is 0 Å². The molecular weight excluding hydrogens is 272 g/mol. The summed E-state index contributed by atoms with van der Waals surface area (Å²) in [6.07, 6.45) is 4.94. The fraction of sp³-hybridized carbons (Fsp3) is 0.533. The van der Waals surface area contributed by atoms with Crippen molar-refractivity contribution in [3.05, 3.63) is 34.2 Å². The second-order valence-corrected chi connectivity index (χ2v) is 5.56. The molecule has 1 heterocycles. The molecule has 0 radical (unpaired) electrons. The fourth-order valence-corrected chi connectivity index (χ4v) is 2.79. The van der Waals surface area contributed by atoms with Crippen molar-refractivity contribution in [2.45, 2.75) is 25.7 Å². The van der Waals surface area contributed by atoms with Gasteiger partial charge in [-0.1, -0.05) is 12.8 Å². The minimum atomic E-state index is -0.789. The van der Waals surface area contributed by atoms with Crippen LogP contribution >= 0.6 is 0 Å². The Morgan fingerprint density at radius 1 is 1.38 bits per heavy atom. The third-order valence-electron chi connectivity index (χ3n) is 4.12. The maximum absolute atomic E-state index is 12.0. The molecule has 6 heteroatoms. The number of amides is 1. The topological polar surface area (TPSA) is 88.4 Å². The van der Waals surface area contributed by atoms with Crippen LogP contribution in [-0.2, 0) is 11.8 Å². The van der Waals surface area contributed by atoms with Gasteiger partial charge in [-0.3, -0.25) is 14.4 Å². The molecular formula is C15H20N2O4. The highest BCUT2D eigenvalue weighted by Gasteiger charge is 2.30. The lowest BCUT2D eigenvalue weighted by Crippen LogP contribution is -2.37. The van der Waals surface area contributed by atoms with Crippen molar-refractivity contribution in [1.29, 1.82) is 0 Å². The number of aryl methyl sites for hydroxylation is 1. The lowest BCUT2D eigenvalue weighted by atomic mass is 9.79. The molecule has 2 unspecified atom stereocenters. The maximum Gasteiger partial charge on any atom is 0.306 e. The predicted molar refractivity (Wildman–Crippen MR) is 77.1 cm³/mol. The summed E-state index contributed by atoms with van der Waals surface area (Å²) in [7, 11) is 1.61. The zero-order valence-corrected chi connectivity index (χ0v) is 12.0. The van der Waals surface area contributed by atoms with Crippen molar-refractivity contribution >= 4 is 11.9 Å². The first-order valence-electron chi connectivity index (χ1n) is 7.16. The Kier molecular flexibility index (Phi) is 4.77. The molecule has 0 aliphatic heterocycles. The Labute approximate surface area is 122 Å². The molecule has 0 bridgehead atoms. The first-order chi connectivity index (χ1) is 9.99. The van der Waals surface area contributed by atoms with E-state index in [2.05, 4.69) is 5.32 Å². The molecule has 1 saturated carbocycles. The van der Waals surface area contributed by atoms with Crippen molar-refractivity contribution in [1.82, 2.24) is 9.88 Å². The summed E-state index contributed by atoms with van der Waals surface area (Å²) in [4.78, 5) is 34.7. The number of carbonyl (C=O) groups is 2. The second kappa shape index (κ2) is 6.56. The van der Waals surface area contributed by atoms with E-state index in [1.807, 2.05) is 0 Å². The van der Waals surface area contributed by atoms with Crippen LogP contribution in [0.15, 0.2) is 23.1 Å². The largest absolute Gasteiger partial charge is 0.481 e. The van der Waals surface area contributed by atoms with Gasteiger partial charge < -0.3 is 15.0 Å². The molecule has 0 spiro atoms. The van der Waals surface area contributed by atoms with Crippen molar-refractivity contribution in [3.8, 4) is 0 Å². The number of rotatable bonds is 4. The first-order valence-corrected chi connectivity index (χ1v) is 7.16. The normalized spacial score (nSPS) is 21.8. The smallest absolute Gasteiger partial charge is 0.306 e. The molecule has 1 aromatic rings. The average molecular weight is 292 g/mol. The molecule has 21 heavy (non-hydrogen) atoms. The number of aromatic nitrogens is 1. The maximum atomic E-state index is 12.0. The van der Waals surface area contributed by atoms with E-state index in [-0.39, 0.29) is 23.3 Å². The summed E-state index contributed by atoms with van der Waals surface area (Å²) in [5, 5.41) is 12.0. The van der Waals surface area contributed by atoms with Crippen LogP contribution < -0.4 is 10.9 Å². The standard InChI is InChI=1S/C15H20N2O4/c1-17-7-6-10(8-13(17)18)14(19)16-9-11-4-2-3-5-12(11)15(20)21/h6-8,11-12H,2-5,9H2,1H3,(H,16,19)(H,20,21). The van der Waals surface area contributed by atoms with Gasteiger partial charge in [-0.15, -0.1) is 0 Å². The lowest BCUT2D eigenvalue weighted by Gasteiger charge is -2.28. The van der Waals surface area contributed by atoms with Gasteiger partial charge >= 0.3 is 5.97 Å². The van der Waals surface area contributed by atoms with Gasteiger partial charge in [-0.05, 0) is 24.8 Å². The molecule has 0 saturated heterocycles. The molecule has 1 aromatic heterocycles. The van der Waals surface area contributed by atoms with E-state index < -0.39 is 5.97 Å². The van der Waals surface area contributed by atoms with Crippen molar-refractivity contribution in [2.75, 3.05) is 6.54 Å². The van der Waals surface area contributed by atoms with Crippen LogP contribution in [0.5, 0.6) is 0 Å². The molecule has 1 fully saturated rings. The molecule has 6 nitrogen and oxygen atoms in total. The van der Waals surface area contributed by atoms with Gasteiger partial charge in [0.05, 0.1) is 5.92 Å². The summed E-state index contributed by atoms with van der Waals surface area (Å²) >= 11 is 0. The summed E-state index contributed by atoms with van der Waals surface area (Å²) in [6, 6.07) is 2.86. The summed E-state index contributed by atoms with van der Waals surface area (Å²) in [6.45, 7) is 0.338. The molecule has 0 aromatic carbocycles. The van der Waals surface area contributed by atoms with E-state index >= 15 is 0 Å². The second-order valence-electron chi connectivity index (χ2n) is 5.56. The van der Waals surface area contributed by atoms with E-state index in [9.17, 15) is 19.5 Å². The summed E-state index contributed by atoms with van der Waals surface area (Å²) in [5.41, 5.74) is 0.0597. The predicted octanol–water partition coefficient (Wildman–Crippen LogP) is 1.01. The van der Waals surface area contributed by atoms with Gasteiger partial charge in [0.15, 0.2) is 0 Å². The number of hydrogen-bond acceptors (Lipinski definition) is 3. The van der Waals surface area contributed by atoms with Gasteiger partial charge in [0.25, 0.3) is 11.5 Å². The minimum absolute atomic E-state index is 0.0354. The number of nitrogens with one attached hydrogen (secondary N) is 1. The van der Waals surface area contributed by atoms with E-state index in [1.165, 1.54) is 16.8 Å². The summed E-state index contributed by atoms with van der Waals surface area (Å²) in [5.74, 6) is -1.54. The van der Waals surface area contributed by atoms with Crippen LogP contribution in [0.3, 0.4) is 0 Å². The van der Waals surface area contributed by atoms with Crippen molar-refractivity contribution in [3.63, 3.8) is 0 Å². The highest BCUT2D eigenvalue weighted by Crippen LogP contribution is 2.29. The number of pyridine rings is 1. The number of carbonyl (C=O) groups excluding carboxylic acids is 1. The van der Waals surface area contributed by atoms with Gasteiger partial charge in [0.2, 0.25) is 0 Å². The Hall–Kier alpha value is -2.11. The Morgan fingerprint density at radius 3 is 2.76 bits per heavy atom. The lowest BCUT2D eigenvalue weighted by molar-refractivity contribution is -0.144. The van der Waals surface area contributed by atoms with E-state index in [0.717, 1.165) is 19.3 Å². The minimum Gasteiger partial charge on any atom is -0.481 e. The fourth-order valence-electron chi connectivity index (χ4n) is 2.79. The van der Waals surface area contributed by atoms with Crippen LogP contribution in [0, 0.1) is 11.8 Å². The van der Waals surface area contributed by atoms with Gasteiger partial charge in [-0.2, -0.15) is 0 Å². The van der Waals surface area contributed by atoms with Crippen LogP contribution in [0.4, 0.5) is 0 Å². The molecule has 1 aliphatic rings. The average Bonchev–Trinajstić information content (AvgIpc) is 2.47. The number of hydrogen-bond donors (Lipinski definition) is 2. The van der Waals surface area contributed by atoms with Crippen molar-refractivity contribution < 1.29 is 14.7 Å². The monoisotopic (exact) mass is 292 g/mol. The van der Waals surface area contributed by atoms with Gasteiger partial charge in [0, 0.05) is 31.4 Å². The molecule has 1 amide bonds. The van der Waals surface area contributed by atoms with E-state index in [0.29, 0.717) is 18.5 Å². The third-order valence-corrected chi connectivity index (χ3v) is 4.12. The van der Waals surface area contributed by atoms with Gasteiger partial charge in [0.1, 0.15) is 0 Å². The van der Waals surface area contributed by atoms with Crippen LogP contribution in [0.1, 0.15) is 36.0 Å². The molecule has 2 rings (SSSR count). The Balaban J connectivity index is 1.98. The Bertz CT molecular complexity index is 594. The van der Waals surface area contributed by atoms with E-state index in [1.54, 1.807) is 13.1 Å². The quantitative estimate of drug-likeness (QED) is 0.866. The first kappa shape index (κ1) is 15.3. The van der Waals surface area contributed by atoms with Crippen molar-refractivity contribution in [2.24, 2.45) is 18.9 Å². The zero-order valence-electron chi connectivity index (χ0n) is 12.0. The zero-order chi connectivity index (χ0) is 15.4. The number of aliphatic carboxylic acids is 1. The molecule has 1 aliphatic carbocycles.